The Bertz CT molecular complexity index is 204. The minimum absolute atomic E-state index is 0.0313. The minimum Gasteiger partial charge on any atom is -0.393 e. The first kappa shape index (κ1) is 10.4. The number of rotatable bonds is 0. The van der Waals surface area contributed by atoms with Crippen LogP contribution in [0.1, 0.15) is 46.0 Å². The molecule has 2 nitrogen and oxygen atoms in total. The average molecular weight is 198 g/mol. The van der Waals surface area contributed by atoms with Gasteiger partial charge in [0.1, 0.15) is 0 Å². The minimum atomic E-state index is -0.121. The van der Waals surface area contributed by atoms with E-state index in [2.05, 4.69) is 13.8 Å². The Morgan fingerprint density at radius 2 is 1.93 bits per heavy atom. The van der Waals surface area contributed by atoms with Gasteiger partial charge in [-0.2, -0.15) is 0 Å². The van der Waals surface area contributed by atoms with E-state index in [9.17, 15) is 5.11 Å². The summed E-state index contributed by atoms with van der Waals surface area (Å²) < 4.78 is 5.94. The summed E-state index contributed by atoms with van der Waals surface area (Å²) in [5.41, 5.74) is 0.0313. The summed E-state index contributed by atoms with van der Waals surface area (Å²) in [6.07, 6.45) is 5.12. The molecule has 0 aromatic carbocycles. The Kier molecular flexibility index (Phi) is 2.85. The van der Waals surface area contributed by atoms with Crippen LogP contribution in [0.4, 0.5) is 0 Å². The van der Waals surface area contributed by atoms with Crippen molar-refractivity contribution in [1.82, 2.24) is 0 Å². The molecule has 1 N–H and O–H groups in total. The van der Waals surface area contributed by atoms with E-state index in [0.717, 1.165) is 44.1 Å². The summed E-state index contributed by atoms with van der Waals surface area (Å²) in [4.78, 5) is 0. The third kappa shape index (κ3) is 1.96. The van der Waals surface area contributed by atoms with Crippen LogP contribution in [-0.2, 0) is 4.74 Å². The van der Waals surface area contributed by atoms with E-state index in [1.54, 1.807) is 0 Å². The molecule has 0 aromatic rings. The fourth-order valence-electron chi connectivity index (χ4n) is 2.98. The summed E-state index contributed by atoms with van der Waals surface area (Å²) in [6, 6.07) is 0. The first-order valence-corrected chi connectivity index (χ1v) is 5.93. The van der Waals surface area contributed by atoms with Crippen molar-refractivity contribution in [2.24, 2.45) is 11.8 Å². The lowest BCUT2D eigenvalue weighted by atomic mass is 9.70. The Morgan fingerprint density at radius 1 is 1.14 bits per heavy atom. The SMILES string of the molecule is CC1CCC2(CC(O)CCO2)CC1C. The lowest BCUT2D eigenvalue weighted by Gasteiger charge is -2.46. The van der Waals surface area contributed by atoms with Gasteiger partial charge in [-0.3, -0.25) is 0 Å². The topological polar surface area (TPSA) is 29.5 Å². The van der Waals surface area contributed by atoms with Gasteiger partial charge < -0.3 is 9.84 Å². The number of hydrogen-bond acceptors (Lipinski definition) is 2. The van der Waals surface area contributed by atoms with E-state index in [0.29, 0.717) is 0 Å². The molecule has 0 amide bonds. The Balaban J connectivity index is 2.01. The molecule has 1 aliphatic heterocycles. The smallest absolute Gasteiger partial charge is 0.0709 e. The number of hydrogen-bond donors (Lipinski definition) is 1. The van der Waals surface area contributed by atoms with Crippen molar-refractivity contribution in [3.63, 3.8) is 0 Å². The van der Waals surface area contributed by atoms with Crippen LogP contribution in [-0.4, -0.2) is 23.4 Å². The zero-order valence-corrected chi connectivity index (χ0v) is 9.33. The highest BCUT2D eigenvalue weighted by Crippen LogP contribution is 2.43. The molecule has 14 heavy (non-hydrogen) atoms. The van der Waals surface area contributed by atoms with Crippen molar-refractivity contribution in [3.8, 4) is 0 Å². The average Bonchev–Trinajstić information content (AvgIpc) is 2.12. The monoisotopic (exact) mass is 198 g/mol. The lowest BCUT2D eigenvalue weighted by molar-refractivity contribution is -0.148. The Morgan fingerprint density at radius 3 is 2.57 bits per heavy atom. The summed E-state index contributed by atoms with van der Waals surface area (Å²) in [5.74, 6) is 1.57. The van der Waals surface area contributed by atoms with Crippen molar-refractivity contribution in [3.05, 3.63) is 0 Å². The van der Waals surface area contributed by atoms with Gasteiger partial charge in [0.05, 0.1) is 11.7 Å². The van der Waals surface area contributed by atoms with Crippen molar-refractivity contribution in [2.45, 2.75) is 57.7 Å². The van der Waals surface area contributed by atoms with E-state index in [-0.39, 0.29) is 11.7 Å². The zero-order chi connectivity index (χ0) is 10.2. The van der Waals surface area contributed by atoms with Crippen LogP contribution in [0.5, 0.6) is 0 Å². The van der Waals surface area contributed by atoms with E-state index >= 15 is 0 Å². The molecule has 82 valence electrons. The van der Waals surface area contributed by atoms with Gasteiger partial charge in [-0.25, -0.2) is 0 Å². The number of aliphatic hydroxyl groups excluding tert-OH is 1. The van der Waals surface area contributed by atoms with Gasteiger partial charge in [0.2, 0.25) is 0 Å². The van der Waals surface area contributed by atoms with Gasteiger partial charge in [0.25, 0.3) is 0 Å². The van der Waals surface area contributed by atoms with Crippen LogP contribution in [0.15, 0.2) is 0 Å². The van der Waals surface area contributed by atoms with Gasteiger partial charge in [0.15, 0.2) is 0 Å². The predicted octanol–water partition coefficient (Wildman–Crippen LogP) is 2.35. The number of ether oxygens (including phenoxy) is 1. The highest BCUT2D eigenvalue weighted by molar-refractivity contribution is 4.93. The molecule has 1 saturated heterocycles. The summed E-state index contributed by atoms with van der Waals surface area (Å²) in [7, 11) is 0. The third-order valence-electron chi connectivity index (χ3n) is 4.19. The van der Waals surface area contributed by atoms with Crippen LogP contribution in [0.3, 0.4) is 0 Å². The van der Waals surface area contributed by atoms with E-state index in [1.807, 2.05) is 0 Å². The van der Waals surface area contributed by atoms with Gasteiger partial charge in [0, 0.05) is 13.0 Å². The molecule has 0 bridgehead atoms. The van der Waals surface area contributed by atoms with Crippen LogP contribution < -0.4 is 0 Å². The second-order valence-electron chi connectivity index (χ2n) is 5.38. The first-order valence-electron chi connectivity index (χ1n) is 5.93. The van der Waals surface area contributed by atoms with Crippen LogP contribution >= 0.6 is 0 Å². The quantitative estimate of drug-likeness (QED) is 0.647. The molecule has 2 heteroatoms. The molecule has 0 aromatic heterocycles. The van der Waals surface area contributed by atoms with Crippen LogP contribution in [0.2, 0.25) is 0 Å². The fraction of sp³-hybridized carbons (Fsp3) is 1.00. The largest absolute Gasteiger partial charge is 0.393 e. The summed E-state index contributed by atoms with van der Waals surface area (Å²) >= 11 is 0. The predicted molar refractivity (Wildman–Crippen MR) is 56.1 cm³/mol. The van der Waals surface area contributed by atoms with Crippen LogP contribution in [0, 0.1) is 11.8 Å². The molecular formula is C12H22O2. The van der Waals surface area contributed by atoms with Crippen LogP contribution in [0.25, 0.3) is 0 Å². The Hall–Kier alpha value is -0.0800. The number of aliphatic hydroxyl groups is 1. The van der Waals surface area contributed by atoms with E-state index in [4.69, 9.17) is 4.74 Å². The maximum Gasteiger partial charge on any atom is 0.0709 e. The molecule has 2 fully saturated rings. The summed E-state index contributed by atoms with van der Waals surface area (Å²) in [5, 5.41) is 9.70. The standard InChI is InChI=1S/C12H22O2/c1-9-3-5-12(7-10(9)2)8-11(13)4-6-14-12/h9-11,13H,3-8H2,1-2H3. The normalized spacial score (nSPS) is 49.5. The molecule has 2 aliphatic rings. The zero-order valence-electron chi connectivity index (χ0n) is 9.33. The van der Waals surface area contributed by atoms with Gasteiger partial charge in [-0.05, 0) is 37.5 Å². The highest BCUT2D eigenvalue weighted by atomic mass is 16.5. The first-order chi connectivity index (χ1) is 6.61. The van der Waals surface area contributed by atoms with E-state index in [1.165, 1.54) is 6.42 Å². The molecule has 4 atom stereocenters. The van der Waals surface area contributed by atoms with Gasteiger partial charge >= 0.3 is 0 Å². The third-order valence-corrected chi connectivity index (χ3v) is 4.19. The molecule has 1 spiro atoms. The second-order valence-corrected chi connectivity index (χ2v) is 5.38. The summed E-state index contributed by atoms with van der Waals surface area (Å²) in [6.45, 7) is 5.40. The molecule has 4 unspecified atom stereocenters. The molecular weight excluding hydrogens is 176 g/mol. The highest BCUT2D eigenvalue weighted by Gasteiger charge is 2.41. The van der Waals surface area contributed by atoms with E-state index < -0.39 is 0 Å². The van der Waals surface area contributed by atoms with Crippen molar-refractivity contribution in [2.75, 3.05) is 6.61 Å². The van der Waals surface area contributed by atoms with Crippen molar-refractivity contribution >= 4 is 0 Å². The molecule has 1 heterocycles. The molecule has 1 saturated carbocycles. The maximum atomic E-state index is 9.70. The van der Waals surface area contributed by atoms with Crippen molar-refractivity contribution in [1.29, 1.82) is 0 Å². The molecule has 1 aliphatic carbocycles. The fourth-order valence-corrected chi connectivity index (χ4v) is 2.98. The van der Waals surface area contributed by atoms with Crippen molar-refractivity contribution < 1.29 is 9.84 Å². The lowest BCUT2D eigenvalue weighted by Crippen LogP contribution is -2.46. The molecule has 2 rings (SSSR count). The van der Waals surface area contributed by atoms with Gasteiger partial charge in [-0.1, -0.05) is 13.8 Å². The van der Waals surface area contributed by atoms with Gasteiger partial charge in [-0.15, -0.1) is 0 Å². The Labute approximate surface area is 86.6 Å². The molecule has 0 radical (unpaired) electrons. The second kappa shape index (κ2) is 3.82. The maximum absolute atomic E-state index is 9.70.